The van der Waals surface area contributed by atoms with Gasteiger partial charge in [-0.05, 0) is 60.4 Å². The van der Waals surface area contributed by atoms with E-state index in [-0.39, 0.29) is 5.92 Å². The van der Waals surface area contributed by atoms with Gasteiger partial charge in [0.05, 0.1) is 5.82 Å². The molecule has 0 radical (unpaired) electrons. The Labute approximate surface area is 193 Å². The van der Waals surface area contributed by atoms with Gasteiger partial charge in [0.1, 0.15) is 0 Å². The highest BCUT2D eigenvalue weighted by Gasteiger charge is 2.15. The Balaban J connectivity index is 1.88. The van der Waals surface area contributed by atoms with Crippen molar-refractivity contribution in [2.75, 3.05) is 5.32 Å². The van der Waals surface area contributed by atoms with Gasteiger partial charge in [0.15, 0.2) is 0 Å². The zero-order chi connectivity index (χ0) is 22.6. The van der Waals surface area contributed by atoms with E-state index in [1.165, 1.54) is 11.1 Å². The fraction of sp³-hybridized carbons (Fsp3) is 0.286. The summed E-state index contributed by atoms with van der Waals surface area (Å²) < 4.78 is 0. The van der Waals surface area contributed by atoms with E-state index in [9.17, 15) is 0 Å². The van der Waals surface area contributed by atoms with Crippen LogP contribution in [-0.2, 0) is 6.42 Å². The van der Waals surface area contributed by atoms with Crippen molar-refractivity contribution in [1.82, 2.24) is 5.32 Å². The molecule has 164 valence electrons. The molecule has 3 heteroatoms. The Bertz CT molecular complexity index is 912. The Morgan fingerprint density at radius 2 is 1.74 bits per heavy atom. The first-order valence-corrected chi connectivity index (χ1v) is 11.3. The number of nitrogens with one attached hydrogen (secondary N) is 2. The quantitative estimate of drug-likeness (QED) is 0.330. The number of rotatable bonds is 12. The van der Waals surface area contributed by atoms with Gasteiger partial charge in [0, 0.05) is 16.4 Å². The molecule has 0 aliphatic rings. The first-order valence-electron chi connectivity index (χ1n) is 11.0. The summed E-state index contributed by atoms with van der Waals surface area (Å²) in [6.45, 7) is 14.8. The smallest absolute Gasteiger partial charge is 0.0999 e. The summed E-state index contributed by atoms with van der Waals surface area (Å²) in [5.74, 6) is 1.41. The highest BCUT2D eigenvalue weighted by molar-refractivity contribution is 6.31. The second-order valence-corrected chi connectivity index (χ2v) is 8.45. The van der Waals surface area contributed by atoms with E-state index < -0.39 is 0 Å². The minimum Gasteiger partial charge on any atom is -0.346 e. The Morgan fingerprint density at radius 3 is 2.45 bits per heavy atom. The molecular formula is C28H35ClN2. The van der Waals surface area contributed by atoms with Crippen molar-refractivity contribution in [2.24, 2.45) is 11.8 Å². The molecule has 2 atom stereocenters. The molecule has 2 unspecified atom stereocenters. The third kappa shape index (κ3) is 8.90. The van der Waals surface area contributed by atoms with Crippen LogP contribution in [0.1, 0.15) is 44.7 Å². The van der Waals surface area contributed by atoms with Crippen LogP contribution in [0.25, 0.3) is 0 Å². The third-order valence-corrected chi connectivity index (χ3v) is 5.67. The Morgan fingerprint density at radius 1 is 1.03 bits per heavy atom. The van der Waals surface area contributed by atoms with E-state index in [1.807, 2.05) is 18.2 Å². The van der Waals surface area contributed by atoms with Crippen LogP contribution in [0.4, 0.5) is 5.69 Å². The van der Waals surface area contributed by atoms with Crippen LogP contribution in [0.2, 0.25) is 0 Å². The van der Waals surface area contributed by atoms with Crippen molar-refractivity contribution in [2.45, 2.75) is 40.0 Å². The summed E-state index contributed by atoms with van der Waals surface area (Å²) in [4.78, 5) is 0. The average molecular weight is 435 g/mol. The van der Waals surface area contributed by atoms with Crippen LogP contribution in [0.3, 0.4) is 0 Å². The molecule has 0 heterocycles. The van der Waals surface area contributed by atoms with Gasteiger partial charge in [-0.3, -0.25) is 0 Å². The van der Waals surface area contributed by atoms with Crippen molar-refractivity contribution in [1.29, 1.82) is 0 Å². The number of hydrogen-bond acceptors (Lipinski definition) is 2. The molecule has 0 saturated heterocycles. The maximum Gasteiger partial charge on any atom is 0.0999 e. The highest BCUT2D eigenvalue weighted by atomic mass is 35.5. The lowest BCUT2D eigenvalue weighted by Crippen LogP contribution is -2.24. The van der Waals surface area contributed by atoms with Crippen LogP contribution < -0.4 is 10.6 Å². The van der Waals surface area contributed by atoms with Crippen LogP contribution in [0.15, 0.2) is 103 Å². The van der Waals surface area contributed by atoms with E-state index >= 15 is 0 Å². The van der Waals surface area contributed by atoms with Gasteiger partial charge < -0.3 is 10.6 Å². The van der Waals surface area contributed by atoms with Crippen LogP contribution >= 0.6 is 11.6 Å². The number of halogens is 1. The van der Waals surface area contributed by atoms with Gasteiger partial charge >= 0.3 is 0 Å². The molecule has 31 heavy (non-hydrogen) atoms. The van der Waals surface area contributed by atoms with Crippen molar-refractivity contribution < 1.29 is 0 Å². The second-order valence-electron chi connectivity index (χ2n) is 8.02. The first kappa shape index (κ1) is 24.6. The van der Waals surface area contributed by atoms with Crippen LogP contribution in [-0.4, -0.2) is 0 Å². The minimum absolute atomic E-state index is 0.277. The van der Waals surface area contributed by atoms with Crippen molar-refractivity contribution in [3.8, 4) is 0 Å². The number of benzene rings is 2. The van der Waals surface area contributed by atoms with Crippen molar-refractivity contribution in [3.63, 3.8) is 0 Å². The van der Waals surface area contributed by atoms with E-state index in [0.29, 0.717) is 5.92 Å². The molecular weight excluding hydrogens is 400 g/mol. The maximum absolute atomic E-state index is 6.24. The van der Waals surface area contributed by atoms with Crippen molar-refractivity contribution >= 4 is 17.3 Å². The average Bonchev–Trinajstić information content (AvgIpc) is 2.76. The first-order chi connectivity index (χ1) is 14.9. The molecule has 2 rings (SSSR count). The van der Waals surface area contributed by atoms with Gasteiger partial charge in [-0.2, -0.15) is 0 Å². The molecule has 2 aromatic carbocycles. The third-order valence-electron chi connectivity index (χ3n) is 5.39. The molecule has 2 nitrogen and oxygen atoms in total. The molecule has 0 aliphatic carbocycles. The number of allylic oxidation sites excluding steroid dienone is 5. The second kappa shape index (κ2) is 12.9. The molecule has 0 spiro atoms. The molecule has 0 amide bonds. The normalized spacial score (nSPS) is 13.6. The van der Waals surface area contributed by atoms with Gasteiger partial charge in [0.25, 0.3) is 0 Å². The molecule has 0 saturated carbocycles. The SMILES string of the molecule is C=C(NC(=C)C(C)C(C)C/C=C(Cl)\C=C/CC)Nc1cccc(Cc2ccccc2)c1. The fourth-order valence-corrected chi connectivity index (χ4v) is 3.43. The zero-order valence-corrected chi connectivity index (χ0v) is 19.8. The van der Waals surface area contributed by atoms with Crippen molar-refractivity contribution in [3.05, 3.63) is 114 Å². The Hall–Kier alpha value is -2.71. The number of anilines is 1. The fourth-order valence-electron chi connectivity index (χ4n) is 3.25. The van der Waals surface area contributed by atoms with E-state index in [4.69, 9.17) is 11.6 Å². The largest absolute Gasteiger partial charge is 0.346 e. The zero-order valence-electron chi connectivity index (χ0n) is 19.0. The maximum atomic E-state index is 6.24. The summed E-state index contributed by atoms with van der Waals surface area (Å²) in [6.07, 6.45) is 8.90. The van der Waals surface area contributed by atoms with Gasteiger partial charge in [-0.25, -0.2) is 0 Å². The molecule has 0 fully saturated rings. The molecule has 2 aromatic rings. The monoisotopic (exact) mass is 434 g/mol. The number of hydrogen-bond donors (Lipinski definition) is 2. The lowest BCUT2D eigenvalue weighted by Gasteiger charge is -2.24. The topological polar surface area (TPSA) is 24.1 Å². The van der Waals surface area contributed by atoms with Gasteiger partial charge in [-0.15, -0.1) is 0 Å². The van der Waals surface area contributed by atoms with E-state index in [1.54, 1.807) is 0 Å². The lowest BCUT2D eigenvalue weighted by molar-refractivity contribution is 0.431. The summed E-state index contributed by atoms with van der Waals surface area (Å²) in [5.41, 5.74) is 4.51. The Kier molecular flexibility index (Phi) is 10.2. The minimum atomic E-state index is 0.277. The summed E-state index contributed by atoms with van der Waals surface area (Å²) in [7, 11) is 0. The lowest BCUT2D eigenvalue weighted by atomic mass is 9.90. The van der Waals surface area contributed by atoms with Gasteiger partial charge in [0.2, 0.25) is 0 Å². The van der Waals surface area contributed by atoms with E-state index in [2.05, 4.69) is 99.2 Å². The van der Waals surface area contributed by atoms with E-state index in [0.717, 1.165) is 41.5 Å². The summed E-state index contributed by atoms with van der Waals surface area (Å²) >= 11 is 6.24. The predicted molar refractivity (Wildman–Crippen MR) is 137 cm³/mol. The van der Waals surface area contributed by atoms with Crippen LogP contribution in [0, 0.1) is 11.8 Å². The molecule has 0 bridgehead atoms. The molecule has 2 N–H and O–H groups in total. The standard InChI is InChI=1S/C28H35ClN2/c1-6-7-15-27(29)18-17-21(2)22(3)23(4)30-24(5)31-28-16-11-14-26(20-28)19-25-12-9-8-10-13-25/h7-16,18,20-22,30-31H,4-6,17,19H2,1-3H3/b15-7-,27-18+. The summed E-state index contributed by atoms with van der Waals surface area (Å²) in [6, 6.07) is 18.9. The highest BCUT2D eigenvalue weighted by Crippen LogP contribution is 2.23. The molecule has 0 aromatic heterocycles. The summed E-state index contributed by atoms with van der Waals surface area (Å²) in [5, 5.41) is 7.48. The molecule has 0 aliphatic heterocycles. The van der Waals surface area contributed by atoms with Gasteiger partial charge in [-0.1, -0.05) is 100 Å². The van der Waals surface area contributed by atoms with Crippen LogP contribution in [0.5, 0.6) is 0 Å². The predicted octanol–water partition coefficient (Wildman–Crippen LogP) is 8.02.